The molecule has 0 aromatic heterocycles. The Morgan fingerprint density at radius 1 is 0.636 bits per heavy atom. The summed E-state index contributed by atoms with van der Waals surface area (Å²) >= 11 is 0. The molecule has 0 aromatic carbocycles. The first-order valence-electron chi connectivity index (χ1n) is 23.0. The summed E-state index contributed by atoms with van der Waals surface area (Å²) in [5, 5.41) is 13.9. The Balaban J connectivity index is 0. The molecule has 0 rings (SSSR count). The number of phosphoric acid groups is 1. The van der Waals surface area contributed by atoms with Gasteiger partial charge in [-0.15, -0.1) is 0 Å². The predicted molar refractivity (Wildman–Crippen MR) is 229 cm³/mol. The molecule has 0 radical (unpaired) electrons. The van der Waals surface area contributed by atoms with E-state index in [0.717, 1.165) is 38.5 Å². The first-order valence-corrected chi connectivity index (χ1v) is 24.5. The summed E-state index contributed by atoms with van der Waals surface area (Å²) in [7, 11) is 1.31. The maximum atomic E-state index is 12.9. The molecule has 0 saturated carbocycles. The van der Waals surface area contributed by atoms with Gasteiger partial charge in [-0.2, -0.15) is 0 Å². The molecule has 0 bridgehead atoms. The van der Waals surface area contributed by atoms with E-state index in [9.17, 15) is 19.4 Å². The largest absolute Gasteiger partial charge is 1.00 e. The molecule has 0 aliphatic rings. The number of amides is 1. The van der Waals surface area contributed by atoms with Gasteiger partial charge >= 0.3 is 29.6 Å². The van der Waals surface area contributed by atoms with Crippen LogP contribution in [-0.4, -0.2) is 68.5 Å². The molecule has 0 aliphatic heterocycles. The number of rotatable bonds is 42. The van der Waals surface area contributed by atoms with Gasteiger partial charge in [0.25, 0.3) is 7.82 Å². The monoisotopic (exact) mass is 810 g/mol. The third-order valence-corrected chi connectivity index (χ3v) is 11.5. The smallest absolute Gasteiger partial charge is 0.756 e. The van der Waals surface area contributed by atoms with Crippen LogP contribution in [0.2, 0.25) is 0 Å². The Morgan fingerprint density at radius 2 is 1.04 bits per heavy atom. The molecular weight excluding hydrogens is 718 g/mol. The van der Waals surface area contributed by atoms with Gasteiger partial charge < -0.3 is 28.8 Å². The molecule has 0 aliphatic carbocycles. The van der Waals surface area contributed by atoms with Crippen molar-refractivity contribution < 1.29 is 62.4 Å². The number of allylic oxidation sites excluding steroid dienone is 2. The van der Waals surface area contributed by atoms with Crippen molar-refractivity contribution >= 4 is 13.7 Å². The van der Waals surface area contributed by atoms with Crippen molar-refractivity contribution in [2.24, 2.45) is 0 Å². The maximum Gasteiger partial charge on any atom is 1.00 e. The van der Waals surface area contributed by atoms with E-state index in [-0.39, 0.29) is 48.7 Å². The zero-order chi connectivity index (χ0) is 40.0. The quantitative estimate of drug-likeness (QED) is 0.0210. The van der Waals surface area contributed by atoms with Gasteiger partial charge in [-0.25, -0.2) is 0 Å². The molecule has 3 unspecified atom stereocenters. The van der Waals surface area contributed by atoms with Crippen molar-refractivity contribution in [3.05, 3.63) is 12.2 Å². The van der Waals surface area contributed by atoms with Crippen molar-refractivity contribution in [3.63, 3.8) is 0 Å². The standard InChI is InChI=1S/C45H91N2O6P.Na/c1-6-8-10-12-14-16-18-20-21-22-23-24-25-27-29-31-33-35-37-39-45(49)46-43(42-53-54(50,51)52-41-40-47(3,4)5)44(48)38-36-34-32-30-28-26-19-17-15-13-11-9-7-2;/h12,14,43-44,48H,6-11,13,15-42H2,1-5H3,(H-,46,49,50,51);/q;+1/b14-12-;. The minimum Gasteiger partial charge on any atom is -0.756 e. The summed E-state index contributed by atoms with van der Waals surface area (Å²) in [6.45, 7) is 4.70. The molecule has 0 heterocycles. The van der Waals surface area contributed by atoms with Crippen LogP contribution in [-0.2, 0) is 18.4 Å². The van der Waals surface area contributed by atoms with E-state index in [4.69, 9.17) is 9.05 Å². The summed E-state index contributed by atoms with van der Waals surface area (Å²) in [5.74, 6) is -0.164. The summed E-state index contributed by atoms with van der Waals surface area (Å²) in [6, 6.07) is -0.795. The van der Waals surface area contributed by atoms with E-state index >= 15 is 0 Å². The van der Waals surface area contributed by atoms with Crippen molar-refractivity contribution in [3.8, 4) is 0 Å². The number of carbonyl (C=O) groups excluding carboxylic acids is 1. The number of unbranched alkanes of at least 4 members (excludes halogenated alkanes) is 27. The SMILES string of the molecule is CCCC/C=C\CCCCCCCCCCCCCCCC(=O)NC(COP(=O)([O-])OCC[N+](C)(C)C)C(O)CCCCCCCCCCCCCCC.[Na+]. The first kappa shape index (κ1) is 57.3. The predicted octanol–water partition coefficient (Wildman–Crippen LogP) is 9.12. The molecule has 0 fully saturated rings. The number of nitrogens with zero attached hydrogens (tertiary/aromatic N) is 1. The molecule has 0 aromatic rings. The van der Waals surface area contributed by atoms with E-state index in [0.29, 0.717) is 23.9 Å². The number of likely N-dealkylation sites (N-methyl/N-ethyl adjacent to an activating group) is 1. The average Bonchev–Trinajstić information content (AvgIpc) is 3.12. The molecule has 2 N–H and O–H groups in total. The van der Waals surface area contributed by atoms with Gasteiger partial charge in [0.05, 0.1) is 39.9 Å². The Kier molecular flexibility index (Phi) is 42.7. The van der Waals surface area contributed by atoms with Crippen LogP contribution in [0.3, 0.4) is 0 Å². The third-order valence-electron chi connectivity index (χ3n) is 10.5. The number of phosphoric ester groups is 1. The minimum atomic E-state index is -4.56. The van der Waals surface area contributed by atoms with Crippen molar-refractivity contribution in [2.75, 3.05) is 40.9 Å². The van der Waals surface area contributed by atoms with Gasteiger partial charge in [-0.05, 0) is 32.1 Å². The summed E-state index contributed by atoms with van der Waals surface area (Å²) < 4.78 is 23.3. The van der Waals surface area contributed by atoms with Crippen LogP contribution in [0.1, 0.15) is 219 Å². The topological polar surface area (TPSA) is 108 Å². The van der Waals surface area contributed by atoms with E-state index < -0.39 is 20.0 Å². The van der Waals surface area contributed by atoms with Crippen LogP contribution in [0.15, 0.2) is 12.2 Å². The molecule has 1 amide bonds. The van der Waals surface area contributed by atoms with Crippen LogP contribution < -0.4 is 39.8 Å². The average molecular weight is 810 g/mol. The zero-order valence-corrected chi connectivity index (χ0v) is 40.3. The molecule has 55 heavy (non-hydrogen) atoms. The Bertz CT molecular complexity index is 903. The number of aliphatic hydroxyl groups is 1. The maximum absolute atomic E-state index is 12.9. The van der Waals surface area contributed by atoms with Gasteiger partial charge in [-0.1, -0.05) is 193 Å². The van der Waals surface area contributed by atoms with Crippen LogP contribution in [0, 0.1) is 0 Å². The van der Waals surface area contributed by atoms with Crippen LogP contribution in [0.4, 0.5) is 0 Å². The summed E-state index contributed by atoms with van der Waals surface area (Å²) in [4.78, 5) is 25.3. The van der Waals surface area contributed by atoms with Crippen molar-refractivity contribution in [2.45, 2.75) is 231 Å². The van der Waals surface area contributed by atoms with E-state index in [2.05, 4.69) is 31.3 Å². The van der Waals surface area contributed by atoms with Gasteiger partial charge in [0, 0.05) is 6.42 Å². The number of nitrogens with one attached hydrogen (secondary N) is 1. The second kappa shape index (κ2) is 41.0. The normalized spacial score (nSPS) is 14.2. The number of aliphatic hydroxyl groups excluding tert-OH is 1. The summed E-state index contributed by atoms with van der Waals surface area (Å²) in [6.07, 6.45) is 42.1. The molecular formula is C45H91N2NaO6P+. The Morgan fingerprint density at radius 3 is 1.49 bits per heavy atom. The number of carbonyl (C=O) groups is 1. The second-order valence-corrected chi connectivity index (χ2v) is 18.5. The fourth-order valence-corrected chi connectivity index (χ4v) is 7.51. The fourth-order valence-electron chi connectivity index (χ4n) is 6.79. The fraction of sp³-hybridized carbons (Fsp3) is 0.933. The molecule has 3 atom stereocenters. The van der Waals surface area contributed by atoms with E-state index in [1.165, 1.54) is 154 Å². The van der Waals surface area contributed by atoms with E-state index in [1.54, 1.807) is 0 Å². The van der Waals surface area contributed by atoms with Crippen LogP contribution >= 0.6 is 7.82 Å². The summed E-state index contributed by atoms with van der Waals surface area (Å²) in [5.41, 5.74) is 0. The zero-order valence-electron chi connectivity index (χ0n) is 37.4. The Hall–Kier alpha value is 0.240. The number of quaternary nitrogens is 1. The minimum absolute atomic E-state index is 0. The molecule has 322 valence electrons. The molecule has 0 saturated heterocycles. The molecule has 8 nitrogen and oxygen atoms in total. The van der Waals surface area contributed by atoms with Crippen molar-refractivity contribution in [1.82, 2.24) is 5.32 Å². The number of hydrogen-bond acceptors (Lipinski definition) is 6. The second-order valence-electron chi connectivity index (χ2n) is 17.1. The molecule has 10 heteroatoms. The van der Waals surface area contributed by atoms with E-state index in [1.807, 2.05) is 21.1 Å². The van der Waals surface area contributed by atoms with Gasteiger partial charge in [0.1, 0.15) is 13.2 Å². The van der Waals surface area contributed by atoms with Crippen LogP contribution in [0.5, 0.6) is 0 Å². The van der Waals surface area contributed by atoms with Gasteiger partial charge in [0.2, 0.25) is 5.91 Å². The van der Waals surface area contributed by atoms with Gasteiger partial charge in [-0.3, -0.25) is 9.36 Å². The van der Waals surface area contributed by atoms with Crippen LogP contribution in [0.25, 0.3) is 0 Å². The number of hydrogen-bond donors (Lipinski definition) is 2. The first-order chi connectivity index (χ1) is 26.0. The van der Waals surface area contributed by atoms with Crippen molar-refractivity contribution in [1.29, 1.82) is 0 Å². The Labute approximate surface area is 364 Å². The van der Waals surface area contributed by atoms with Gasteiger partial charge in [0.15, 0.2) is 0 Å². The molecule has 0 spiro atoms. The third kappa shape index (κ3) is 43.6.